The number of benzene rings is 9. The van der Waals surface area contributed by atoms with E-state index < -0.39 is 0 Å². The molecule has 0 atom stereocenters. The van der Waals surface area contributed by atoms with Crippen LogP contribution < -0.4 is 4.90 Å². The molecule has 0 aliphatic rings. The molecule has 244 valence electrons. The van der Waals surface area contributed by atoms with Gasteiger partial charge in [-0.2, -0.15) is 0 Å². The molecule has 0 N–H and O–H groups in total. The first kappa shape index (κ1) is 30.0. The Hall–Kier alpha value is -6.90. The van der Waals surface area contributed by atoms with Crippen molar-refractivity contribution in [1.29, 1.82) is 0 Å². The first-order chi connectivity index (χ1) is 25.8. The number of nitrogens with zero attached hydrogens (tertiary/aromatic N) is 2. The Labute approximate surface area is 303 Å². The molecule has 0 bridgehead atoms. The Morgan fingerprint density at radius 1 is 0.308 bits per heavy atom. The maximum atomic E-state index is 2.46. The number of hydrogen-bond donors (Lipinski definition) is 0. The molecule has 1 heterocycles. The van der Waals surface area contributed by atoms with Crippen molar-refractivity contribution in [3.8, 4) is 27.9 Å². The zero-order valence-electron chi connectivity index (χ0n) is 28.5. The van der Waals surface area contributed by atoms with Crippen LogP contribution in [0.25, 0.3) is 71.3 Å². The standard InChI is InChI=1S/C50H34N2/c1-3-13-35(14-4-1)37-23-27-41(28-24-37)51(42-29-25-38(26-30-42)36-15-5-2-6-16-36)48-31-32-49(44-20-10-9-19-43(44)48)52-47-22-12-11-21-45(47)46-33-39-17-7-8-18-40(39)34-50(46)52/h1-34H. The molecule has 0 saturated heterocycles. The van der Waals surface area contributed by atoms with Crippen LogP contribution in [0.4, 0.5) is 17.1 Å². The molecule has 52 heavy (non-hydrogen) atoms. The first-order valence-corrected chi connectivity index (χ1v) is 17.9. The molecule has 0 radical (unpaired) electrons. The summed E-state index contributed by atoms with van der Waals surface area (Å²) in [4.78, 5) is 2.40. The number of fused-ring (bicyclic) bond motifs is 5. The predicted octanol–water partition coefficient (Wildman–Crippen LogP) is 13.9. The summed E-state index contributed by atoms with van der Waals surface area (Å²) in [6.45, 7) is 0. The number of rotatable bonds is 6. The van der Waals surface area contributed by atoms with Gasteiger partial charge in [0.2, 0.25) is 0 Å². The topological polar surface area (TPSA) is 8.17 Å². The highest BCUT2D eigenvalue weighted by Crippen LogP contribution is 2.43. The number of anilines is 3. The minimum Gasteiger partial charge on any atom is -0.310 e. The Kier molecular flexibility index (Phi) is 7.18. The van der Waals surface area contributed by atoms with E-state index in [4.69, 9.17) is 0 Å². The van der Waals surface area contributed by atoms with Gasteiger partial charge in [-0.1, -0.05) is 152 Å². The third-order valence-corrected chi connectivity index (χ3v) is 10.4. The molecule has 1 aromatic heterocycles. The van der Waals surface area contributed by atoms with Crippen molar-refractivity contribution in [3.63, 3.8) is 0 Å². The average Bonchev–Trinajstić information content (AvgIpc) is 3.54. The van der Waals surface area contributed by atoms with E-state index in [-0.39, 0.29) is 0 Å². The lowest BCUT2D eigenvalue weighted by Gasteiger charge is -2.28. The van der Waals surface area contributed by atoms with Crippen molar-refractivity contribution in [1.82, 2.24) is 4.57 Å². The molecular formula is C50H34N2. The summed E-state index contributed by atoms with van der Waals surface area (Å²) < 4.78 is 2.46. The van der Waals surface area contributed by atoms with Gasteiger partial charge >= 0.3 is 0 Å². The van der Waals surface area contributed by atoms with E-state index in [0.717, 1.165) is 17.1 Å². The van der Waals surface area contributed by atoms with Crippen LogP contribution in [0.5, 0.6) is 0 Å². The fourth-order valence-corrected chi connectivity index (χ4v) is 7.87. The summed E-state index contributed by atoms with van der Waals surface area (Å²) in [5.74, 6) is 0. The van der Waals surface area contributed by atoms with Crippen LogP contribution in [0, 0.1) is 0 Å². The normalized spacial score (nSPS) is 11.5. The van der Waals surface area contributed by atoms with Crippen LogP contribution in [-0.2, 0) is 0 Å². The van der Waals surface area contributed by atoms with Gasteiger partial charge in [0.25, 0.3) is 0 Å². The Morgan fingerprint density at radius 3 is 1.40 bits per heavy atom. The van der Waals surface area contributed by atoms with Crippen LogP contribution in [0.15, 0.2) is 206 Å². The van der Waals surface area contributed by atoms with E-state index in [9.17, 15) is 0 Å². The molecule has 0 fully saturated rings. The third-order valence-electron chi connectivity index (χ3n) is 10.4. The number of aromatic nitrogens is 1. The van der Waals surface area contributed by atoms with E-state index in [1.807, 2.05) is 0 Å². The van der Waals surface area contributed by atoms with Crippen molar-refractivity contribution in [2.45, 2.75) is 0 Å². The lowest BCUT2D eigenvalue weighted by atomic mass is 10.0. The van der Waals surface area contributed by atoms with Crippen LogP contribution >= 0.6 is 0 Å². The van der Waals surface area contributed by atoms with Gasteiger partial charge in [0.15, 0.2) is 0 Å². The van der Waals surface area contributed by atoms with Crippen LogP contribution in [0.2, 0.25) is 0 Å². The summed E-state index contributed by atoms with van der Waals surface area (Å²) in [6.07, 6.45) is 0. The van der Waals surface area contributed by atoms with Crippen LogP contribution in [0.3, 0.4) is 0 Å². The summed E-state index contributed by atoms with van der Waals surface area (Å²) in [5.41, 5.74) is 11.7. The van der Waals surface area contributed by atoms with Gasteiger partial charge < -0.3 is 9.47 Å². The van der Waals surface area contributed by atoms with Crippen molar-refractivity contribution in [3.05, 3.63) is 206 Å². The number of para-hydroxylation sites is 1. The zero-order valence-corrected chi connectivity index (χ0v) is 28.5. The van der Waals surface area contributed by atoms with Crippen molar-refractivity contribution < 1.29 is 0 Å². The highest BCUT2D eigenvalue weighted by atomic mass is 15.1. The van der Waals surface area contributed by atoms with Gasteiger partial charge in [0.05, 0.1) is 22.4 Å². The average molecular weight is 663 g/mol. The minimum absolute atomic E-state index is 1.10. The van der Waals surface area contributed by atoms with Gasteiger partial charge in [-0.3, -0.25) is 0 Å². The third kappa shape index (κ3) is 5.04. The second-order valence-electron chi connectivity index (χ2n) is 13.4. The molecule has 9 aromatic carbocycles. The summed E-state index contributed by atoms with van der Waals surface area (Å²) in [6, 6.07) is 74.7. The second-order valence-corrected chi connectivity index (χ2v) is 13.4. The van der Waals surface area contributed by atoms with Gasteiger partial charge in [-0.25, -0.2) is 0 Å². The van der Waals surface area contributed by atoms with Gasteiger partial charge in [0.1, 0.15) is 0 Å². The lowest BCUT2D eigenvalue weighted by Crippen LogP contribution is -2.11. The van der Waals surface area contributed by atoms with E-state index in [1.165, 1.54) is 71.3 Å². The Morgan fingerprint density at radius 2 is 0.788 bits per heavy atom. The second kappa shape index (κ2) is 12.5. The highest BCUT2D eigenvalue weighted by Gasteiger charge is 2.20. The Balaban J connectivity index is 1.18. The predicted molar refractivity (Wildman–Crippen MR) is 221 cm³/mol. The molecular weight excluding hydrogens is 629 g/mol. The van der Waals surface area contributed by atoms with E-state index >= 15 is 0 Å². The summed E-state index contributed by atoms with van der Waals surface area (Å²) in [5, 5.41) is 7.40. The molecule has 10 aromatic rings. The quantitative estimate of drug-likeness (QED) is 0.172. The summed E-state index contributed by atoms with van der Waals surface area (Å²) in [7, 11) is 0. The molecule has 2 heteroatoms. The molecule has 0 aliphatic heterocycles. The van der Waals surface area contributed by atoms with Gasteiger partial charge in [-0.15, -0.1) is 0 Å². The minimum atomic E-state index is 1.10. The largest absolute Gasteiger partial charge is 0.310 e. The fraction of sp³-hybridized carbons (Fsp3) is 0. The van der Waals surface area contributed by atoms with E-state index in [2.05, 4.69) is 216 Å². The van der Waals surface area contributed by atoms with Crippen LogP contribution in [-0.4, -0.2) is 4.57 Å². The maximum absolute atomic E-state index is 2.46. The maximum Gasteiger partial charge on any atom is 0.0547 e. The number of hydrogen-bond acceptors (Lipinski definition) is 1. The van der Waals surface area contributed by atoms with Gasteiger partial charge in [0, 0.05) is 32.9 Å². The van der Waals surface area contributed by atoms with Crippen molar-refractivity contribution in [2.24, 2.45) is 0 Å². The molecule has 10 rings (SSSR count). The Bertz CT molecular complexity index is 2790. The van der Waals surface area contributed by atoms with Crippen molar-refractivity contribution in [2.75, 3.05) is 4.90 Å². The highest BCUT2D eigenvalue weighted by molar-refractivity contribution is 6.15. The molecule has 0 aliphatic carbocycles. The smallest absolute Gasteiger partial charge is 0.0547 e. The van der Waals surface area contributed by atoms with Gasteiger partial charge in [-0.05, 0) is 87.6 Å². The SMILES string of the molecule is c1ccc(-c2ccc(N(c3ccc(-c4ccccc4)cc3)c3ccc(-n4c5ccccc5c5cc6ccccc6cc54)c4ccccc34)cc2)cc1. The van der Waals surface area contributed by atoms with E-state index in [1.54, 1.807) is 0 Å². The molecule has 0 amide bonds. The molecule has 0 unspecified atom stereocenters. The molecule has 0 saturated carbocycles. The van der Waals surface area contributed by atoms with E-state index in [0.29, 0.717) is 0 Å². The molecule has 2 nitrogen and oxygen atoms in total. The first-order valence-electron chi connectivity index (χ1n) is 17.9. The lowest BCUT2D eigenvalue weighted by molar-refractivity contribution is 1.19. The zero-order chi connectivity index (χ0) is 34.4. The molecule has 0 spiro atoms. The van der Waals surface area contributed by atoms with Crippen LogP contribution in [0.1, 0.15) is 0 Å². The van der Waals surface area contributed by atoms with Crippen molar-refractivity contribution >= 4 is 60.4 Å². The fourth-order valence-electron chi connectivity index (χ4n) is 7.87. The monoisotopic (exact) mass is 662 g/mol. The summed E-state index contributed by atoms with van der Waals surface area (Å²) >= 11 is 0.